The largest absolute Gasteiger partial charge is 0.339 e. The molecule has 2 fully saturated rings. The van der Waals surface area contributed by atoms with E-state index in [9.17, 15) is 4.79 Å². The molecular weight excluding hydrogens is 126 g/mol. The van der Waals surface area contributed by atoms with E-state index in [0.29, 0.717) is 17.9 Å². The Labute approximate surface area is 61.2 Å². The number of carbonyl (C=O) groups is 1. The third kappa shape index (κ3) is 0.678. The highest BCUT2D eigenvalue weighted by atomic mass is 16.2. The summed E-state index contributed by atoms with van der Waals surface area (Å²) in [7, 11) is 0. The monoisotopic (exact) mass is 139 g/mol. The lowest BCUT2D eigenvalue weighted by Crippen LogP contribution is -2.28. The molecule has 0 spiro atoms. The van der Waals surface area contributed by atoms with Crippen molar-refractivity contribution in [1.29, 1.82) is 0 Å². The van der Waals surface area contributed by atoms with Crippen LogP contribution in [0.5, 0.6) is 0 Å². The van der Waals surface area contributed by atoms with Gasteiger partial charge in [-0.15, -0.1) is 0 Å². The van der Waals surface area contributed by atoms with Crippen molar-refractivity contribution in [2.75, 3.05) is 6.54 Å². The number of carbonyl (C=O) groups excluding carboxylic acids is 1. The zero-order chi connectivity index (χ0) is 7.14. The maximum atomic E-state index is 11.2. The molecule has 2 heteroatoms. The summed E-state index contributed by atoms with van der Waals surface area (Å²) in [4.78, 5) is 13.3. The van der Waals surface area contributed by atoms with Crippen LogP contribution in [0.3, 0.4) is 0 Å². The highest BCUT2D eigenvalue weighted by Crippen LogP contribution is 2.32. The predicted molar refractivity (Wildman–Crippen MR) is 38.5 cm³/mol. The van der Waals surface area contributed by atoms with Crippen LogP contribution >= 0.6 is 0 Å². The number of fused-ring (bicyclic) bond motifs is 1. The van der Waals surface area contributed by atoms with Crippen LogP contribution in [0.25, 0.3) is 0 Å². The molecule has 2 rings (SSSR count). The minimum absolute atomic E-state index is 0.384. The lowest BCUT2D eigenvalue weighted by molar-refractivity contribution is -0.127. The standard InChI is InChI=1S/C8H13NO/c1-6-5-8(10)9-4-2-3-7(6)9/h6-7H,2-5H2,1H3/t6-,7-/m0/s1. The van der Waals surface area contributed by atoms with Gasteiger partial charge in [0.05, 0.1) is 0 Å². The van der Waals surface area contributed by atoms with Gasteiger partial charge in [0.15, 0.2) is 0 Å². The molecule has 0 aromatic heterocycles. The molecule has 0 bridgehead atoms. The van der Waals surface area contributed by atoms with Crippen molar-refractivity contribution in [1.82, 2.24) is 4.90 Å². The van der Waals surface area contributed by atoms with Crippen LogP contribution in [0.1, 0.15) is 26.2 Å². The van der Waals surface area contributed by atoms with E-state index in [0.717, 1.165) is 13.0 Å². The zero-order valence-electron chi connectivity index (χ0n) is 6.34. The third-order valence-electron chi connectivity index (χ3n) is 2.77. The van der Waals surface area contributed by atoms with Gasteiger partial charge in [-0.2, -0.15) is 0 Å². The second-order valence-electron chi connectivity index (χ2n) is 3.48. The smallest absolute Gasteiger partial charge is 0.223 e. The van der Waals surface area contributed by atoms with Gasteiger partial charge < -0.3 is 4.90 Å². The minimum atomic E-state index is 0.384. The van der Waals surface area contributed by atoms with E-state index in [1.54, 1.807) is 0 Å². The van der Waals surface area contributed by atoms with Crippen LogP contribution in [0.15, 0.2) is 0 Å². The van der Waals surface area contributed by atoms with Gasteiger partial charge in [-0.25, -0.2) is 0 Å². The quantitative estimate of drug-likeness (QED) is 0.490. The molecule has 10 heavy (non-hydrogen) atoms. The summed E-state index contributed by atoms with van der Waals surface area (Å²) in [5.74, 6) is 1.00. The number of nitrogens with zero attached hydrogens (tertiary/aromatic N) is 1. The lowest BCUT2D eigenvalue weighted by atomic mass is 10.0. The van der Waals surface area contributed by atoms with Crippen molar-refractivity contribution in [2.45, 2.75) is 32.2 Å². The van der Waals surface area contributed by atoms with Crippen molar-refractivity contribution in [3.05, 3.63) is 0 Å². The molecule has 0 unspecified atom stereocenters. The molecular formula is C8H13NO. The first kappa shape index (κ1) is 6.20. The topological polar surface area (TPSA) is 20.3 Å². The molecule has 2 nitrogen and oxygen atoms in total. The number of hydrogen-bond donors (Lipinski definition) is 0. The molecule has 0 aliphatic carbocycles. The maximum absolute atomic E-state index is 11.2. The van der Waals surface area contributed by atoms with E-state index in [1.165, 1.54) is 12.8 Å². The Hall–Kier alpha value is -0.530. The Bertz CT molecular complexity index is 167. The zero-order valence-corrected chi connectivity index (χ0v) is 6.34. The van der Waals surface area contributed by atoms with E-state index in [2.05, 4.69) is 11.8 Å². The maximum Gasteiger partial charge on any atom is 0.223 e. The van der Waals surface area contributed by atoms with Crippen molar-refractivity contribution in [3.8, 4) is 0 Å². The highest BCUT2D eigenvalue weighted by molar-refractivity contribution is 5.79. The lowest BCUT2D eigenvalue weighted by Gasteiger charge is -2.16. The second-order valence-corrected chi connectivity index (χ2v) is 3.48. The third-order valence-corrected chi connectivity index (χ3v) is 2.77. The van der Waals surface area contributed by atoms with Crippen LogP contribution in [0.4, 0.5) is 0 Å². The van der Waals surface area contributed by atoms with Gasteiger partial charge in [0.2, 0.25) is 5.91 Å². The van der Waals surface area contributed by atoms with Crippen molar-refractivity contribution in [2.24, 2.45) is 5.92 Å². The molecule has 2 aliphatic heterocycles. The van der Waals surface area contributed by atoms with Crippen molar-refractivity contribution >= 4 is 5.91 Å². The van der Waals surface area contributed by atoms with Gasteiger partial charge in [-0.1, -0.05) is 6.92 Å². The average molecular weight is 139 g/mol. The molecule has 0 N–H and O–H groups in total. The summed E-state index contributed by atoms with van der Waals surface area (Å²) in [6.45, 7) is 3.21. The fraction of sp³-hybridized carbons (Fsp3) is 0.875. The first-order chi connectivity index (χ1) is 4.79. The summed E-state index contributed by atoms with van der Waals surface area (Å²) >= 11 is 0. The van der Waals surface area contributed by atoms with Gasteiger partial charge in [-0.3, -0.25) is 4.79 Å². The molecule has 0 aromatic carbocycles. The molecule has 2 saturated heterocycles. The molecule has 2 heterocycles. The van der Waals surface area contributed by atoms with E-state index in [1.807, 2.05) is 0 Å². The van der Waals surface area contributed by atoms with Crippen LogP contribution < -0.4 is 0 Å². The first-order valence-corrected chi connectivity index (χ1v) is 4.08. The summed E-state index contributed by atoms with van der Waals surface area (Å²) < 4.78 is 0. The SMILES string of the molecule is C[C@H]1CC(=O)N2CCC[C@@H]12. The Kier molecular flexibility index (Phi) is 1.22. The fourth-order valence-electron chi connectivity index (χ4n) is 2.22. The predicted octanol–water partition coefficient (Wildman–Crippen LogP) is 1.02. The Morgan fingerprint density at radius 2 is 2.40 bits per heavy atom. The molecule has 1 amide bonds. The van der Waals surface area contributed by atoms with E-state index in [4.69, 9.17) is 0 Å². The van der Waals surface area contributed by atoms with Crippen molar-refractivity contribution in [3.63, 3.8) is 0 Å². The van der Waals surface area contributed by atoms with E-state index >= 15 is 0 Å². The normalized spacial score (nSPS) is 38.9. The van der Waals surface area contributed by atoms with Gasteiger partial charge in [0, 0.05) is 19.0 Å². The van der Waals surface area contributed by atoms with Gasteiger partial charge >= 0.3 is 0 Å². The second kappa shape index (κ2) is 1.97. The molecule has 2 atom stereocenters. The van der Waals surface area contributed by atoms with Crippen LogP contribution in [0, 0.1) is 5.92 Å². The average Bonchev–Trinajstić information content (AvgIpc) is 2.39. The molecule has 56 valence electrons. The number of rotatable bonds is 0. The number of hydrogen-bond acceptors (Lipinski definition) is 1. The van der Waals surface area contributed by atoms with Gasteiger partial charge in [-0.05, 0) is 18.8 Å². The Balaban J connectivity index is 2.19. The van der Waals surface area contributed by atoms with E-state index < -0.39 is 0 Å². The van der Waals surface area contributed by atoms with Crippen LogP contribution in [-0.2, 0) is 4.79 Å². The van der Waals surface area contributed by atoms with Crippen molar-refractivity contribution < 1.29 is 4.79 Å². The number of amides is 1. The molecule has 0 radical (unpaired) electrons. The first-order valence-electron chi connectivity index (χ1n) is 4.08. The minimum Gasteiger partial charge on any atom is -0.339 e. The Morgan fingerprint density at radius 1 is 1.60 bits per heavy atom. The van der Waals surface area contributed by atoms with Crippen LogP contribution in [0.2, 0.25) is 0 Å². The summed E-state index contributed by atoms with van der Waals surface area (Å²) in [5, 5.41) is 0. The summed E-state index contributed by atoms with van der Waals surface area (Å²) in [6, 6.07) is 0.604. The Morgan fingerprint density at radius 3 is 3.10 bits per heavy atom. The molecule has 2 aliphatic rings. The van der Waals surface area contributed by atoms with E-state index in [-0.39, 0.29) is 0 Å². The summed E-state index contributed by atoms with van der Waals surface area (Å²) in [6.07, 6.45) is 3.26. The fourth-order valence-corrected chi connectivity index (χ4v) is 2.22. The highest BCUT2D eigenvalue weighted by Gasteiger charge is 2.39. The molecule has 0 saturated carbocycles. The van der Waals surface area contributed by atoms with Gasteiger partial charge in [0.1, 0.15) is 0 Å². The molecule has 0 aromatic rings. The van der Waals surface area contributed by atoms with Gasteiger partial charge in [0.25, 0.3) is 0 Å². The van der Waals surface area contributed by atoms with Crippen LogP contribution in [-0.4, -0.2) is 23.4 Å². The summed E-state index contributed by atoms with van der Waals surface area (Å²) in [5.41, 5.74) is 0.